The lowest BCUT2D eigenvalue weighted by molar-refractivity contribution is -0.120. The molecule has 1 aromatic rings. The second-order valence-electron chi connectivity index (χ2n) is 4.19. The van der Waals surface area contributed by atoms with Gasteiger partial charge in [0.1, 0.15) is 5.82 Å². The van der Waals surface area contributed by atoms with E-state index in [1.54, 1.807) is 19.1 Å². The number of benzene rings is 1. The van der Waals surface area contributed by atoms with Crippen molar-refractivity contribution in [3.63, 3.8) is 0 Å². The summed E-state index contributed by atoms with van der Waals surface area (Å²) in [5.74, 6) is -0.291. The van der Waals surface area contributed by atoms with Crippen LogP contribution in [0.2, 0.25) is 0 Å². The van der Waals surface area contributed by atoms with Crippen molar-refractivity contribution in [3.05, 3.63) is 29.6 Å². The number of nitrogens with one attached hydrogen (secondary N) is 2. The van der Waals surface area contributed by atoms with Gasteiger partial charge in [-0.2, -0.15) is 0 Å². The highest BCUT2D eigenvalue weighted by atomic mass is 19.1. The molecule has 0 heterocycles. The molecule has 0 saturated heterocycles. The number of amides is 1. The molecule has 0 radical (unpaired) electrons. The zero-order chi connectivity index (χ0) is 12.8. The van der Waals surface area contributed by atoms with Crippen molar-refractivity contribution in [2.24, 2.45) is 0 Å². The van der Waals surface area contributed by atoms with E-state index in [1.165, 1.54) is 6.07 Å². The zero-order valence-electron chi connectivity index (χ0n) is 10.5. The predicted molar refractivity (Wildman–Crippen MR) is 67.5 cm³/mol. The molecule has 0 bridgehead atoms. The fraction of sp³-hybridized carbons (Fsp3) is 0.462. The molecule has 17 heavy (non-hydrogen) atoms. The van der Waals surface area contributed by atoms with Crippen LogP contribution in [0.15, 0.2) is 18.2 Å². The Morgan fingerprint density at radius 1 is 1.47 bits per heavy atom. The zero-order valence-corrected chi connectivity index (χ0v) is 10.5. The van der Waals surface area contributed by atoms with Crippen LogP contribution in [0.25, 0.3) is 0 Å². The molecule has 1 unspecified atom stereocenters. The van der Waals surface area contributed by atoms with Gasteiger partial charge >= 0.3 is 0 Å². The van der Waals surface area contributed by atoms with Crippen molar-refractivity contribution >= 4 is 11.6 Å². The number of aryl methyl sites for hydroxylation is 1. The van der Waals surface area contributed by atoms with E-state index in [1.807, 2.05) is 13.8 Å². The summed E-state index contributed by atoms with van der Waals surface area (Å²) in [4.78, 5) is 11.5. The quantitative estimate of drug-likeness (QED) is 0.827. The Morgan fingerprint density at radius 3 is 2.76 bits per heavy atom. The normalized spacial score (nSPS) is 12.0. The van der Waals surface area contributed by atoms with Crippen molar-refractivity contribution in [3.8, 4) is 0 Å². The standard InChI is InChI=1S/C13H19FN2O/c1-4-10(3)16-13(17)8-15-11-5-6-12(14)9(2)7-11/h5-7,10,15H,4,8H2,1-3H3,(H,16,17). The number of carbonyl (C=O) groups is 1. The lowest BCUT2D eigenvalue weighted by Crippen LogP contribution is -2.36. The molecule has 1 amide bonds. The molecule has 0 fully saturated rings. The Morgan fingerprint density at radius 2 is 2.18 bits per heavy atom. The van der Waals surface area contributed by atoms with Gasteiger partial charge in [-0.1, -0.05) is 6.92 Å². The highest BCUT2D eigenvalue weighted by molar-refractivity contribution is 5.80. The molecule has 3 nitrogen and oxygen atoms in total. The Hall–Kier alpha value is -1.58. The Bertz CT molecular complexity index is 393. The van der Waals surface area contributed by atoms with Crippen LogP contribution in [0.1, 0.15) is 25.8 Å². The van der Waals surface area contributed by atoms with Gasteiger partial charge in [0.25, 0.3) is 0 Å². The predicted octanol–water partition coefficient (Wildman–Crippen LogP) is 2.46. The van der Waals surface area contributed by atoms with Crippen LogP contribution < -0.4 is 10.6 Å². The SMILES string of the molecule is CCC(C)NC(=O)CNc1ccc(F)c(C)c1. The minimum Gasteiger partial charge on any atom is -0.376 e. The third kappa shape index (κ3) is 4.43. The number of hydrogen-bond acceptors (Lipinski definition) is 2. The van der Waals surface area contributed by atoms with Crippen LogP contribution in [-0.4, -0.2) is 18.5 Å². The highest BCUT2D eigenvalue weighted by Gasteiger charge is 2.05. The maximum Gasteiger partial charge on any atom is 0.239 e. The molecule has 0 aliphatic heterocycles. The summed E-state index contributed by atoms with van der Waals surface area (Å²) >= 11 is 0. The molecule has 0 saturated carbocycles. The van der Waals surface area contributed by atoms with Crippen LogP contribution in [0, 0.1) is 12.7 Å². The average Bonchev–Trinajstić information content (AvgIpc) is 2.30. The van der Waals surface area contributed by atoms with E-state index in [9.17, 15) is 9.18 Å². The van der Waals surface area contributed by atoms with Gasteiger partial charge in [0.15, 0.2) is 0 Å². The minimum atomic E-state index is -0.236. The van der Waals surface area contributed by atoms with Gasteiger partial charge in [-0.05, 0) is 44.0 Å². The summed E-state index contributed by atoms with van der Waals surface area (Å²) < 4.78 is 13.0. The third-order valence-electron chi connectivity index (χ3n) is 2.63. The smallest absolute Gasteiger partial charge is 0.239 e. The minimum absolute atomic E-state index is 0.0543. The maximum atomic E-state index is 13.0. The number of halogens is 1. The lowest BCUT2D eigenvalue weighted by Gasteiger charge is -2.12. The maximum absolute atomic E-state index is 13.0. The molecule has 2 N–H and O–H groups in total. The first-order chi connectivity index (χ1) is 8.02. The number of rotatable bonds is 5. The molecular formula is C13H19FN2O. The van der Waals surface area contributed by atoms with Crippen molar-refractivity contribution in [2.75, 3.05) is 11.9 Å². The van der Waals surface area contributed by atoms with Crippen molar-refractivity contribution in [1.82, 2.24) is 5.32 Å². The average molecular weight is 238 g/mol. The van der Waals surface area contributed by atoms with Gasteiger partial charge < -0.3 is 10.6 Å². The topological polar surface area (TPSA) is 41.1 Å². The third-order valence-corrected chi connectivity index (χ3v) is 2.63. The summed E-state index contributed by atoms with van der Waals surface area (Å²) in [6, 6.07) is 4.88. The molecule has 4 heteroatoms. The fourth-order valence-corrected chi connectivity index (χ4v) is 1.36. The molecule has 0 spiro atoms. The molecule has 1 atom stereocenters. The van der Waals surface area contributed by atoms with Crippen LogP contribution >= 0.6 is 0 Å². The summed E-state index contributed by atoms with van der Waals surface area (Å²) in [6.07, 6.45) is 0.904. The van der Waals surface area contributed by atoms with Crippen molar-refractivity contribution in [1.29, 1.82) is 0 Å². The molecule has 0 aliphatic rings. The van der Waals surface area contributed by atoms with Crippen LogP contribution in [0.3, 0.4) is 0 Å². The Kier molecular flexibility index (Phi) is 4.94. The summed E-state index contributed by atoms with van der Waals surface area (Å²) in [5.41, 5.74) is 1.32. The second kappa shape index (κ2) is 6.23. The highest BCUT2D eigenvalue weighted by Crippen LogP contribution is 2.13. The first-order valence-electron chi connectivity index (χ1n) is 5.82. The lowest BCUT2D eigenvalue weighted by atomic mass is 10.2. The van der Waals surface area contributed by atoms with E-state index >= 15 is 0 Å². The number of carbonyl (C=O) groups excluding carboxylic acids is 1. The molecule has 94 valence electrons. The summed E-state index contributed by atoms with van der Waals surface area (Å²) in [7, 11) is 0. The van der Waals surface area contributed by atoms with E-state index in [0.717, 1.165) is 12.1 Å². The van der Waals surface area contributed by atoms with E-state index in [-0.39, 0.29) is 24.3 Å². The van der Waals surface area contributed by atoms with Crippen molar-refractivity contribution < 1.29 is 9.18 Å². The van der Waals surface area contributed by atoms with E-state index in [4.69, 9.17) is 0 Å². The monoisotopic (exact) mass is 238 g/mol. The number of anilines is 1. The number of hydrogen-bond donors (Lipinski definition) is 2. The van der Waals surface area contributed by atoms with Crippen LogP contribution in [0.5, 0.6) is 0 Å². The van der Waals surface area contributed by atoms with Gasteiger partial charge in [0, 0.05) is 11.7 Å². The van der Waals surface area contributed by atoms with Crippen LogP contribution in [-0.2, 0) is 4.79 Å². The van der Waals surface area contributed by atoms with Gasteiger partial charge in [0.05, 0.1) is 6.54 Å². The van der Waals surface area contributed by atoms with Gasteiger partial charge in [-0.25, -0.2) is 4.39 Å². The largest absolute Gasteiger partial charge is 0.376 e. The second-order valence-corrected chi connectivity index (χ2v) is 4.19. The molecule has 1 rings (SSSR count). The fourth-order valence-electron chi connectivity index (χ4n) is 1.36. The summed E-state index contributed by atoms with van der Waals surface area (Å²) in [5, 5.41) is 5.81. The van der Waals surface area contributed by atoms with Gasteiger partial charge in [-0.3, -0.25) is 4.79 Å². The summed E-state index contributed by atoms with van der Waals surface area (Å²) in [6.45, 7) is 5.87. The van der Waals surface area contributed by atoms with Crippen molar-refractivity contribution in [2.45, 2.75) is 33.2 Å². The molecule has 0 aliphatic carbocycles. The molecule has 1 aromatic carbocycles. The molecular weight excluding hydrogens is 219 g/mol. The first kappa shape index (κ1) is 13.5. The van der Waals surface area contributed by atoms with Gasteiger partial charge in [0.2, 0.25) is 5.91 Å². The molecule has 0 aromatic heterocycles. The Balaban J connectivity index is 2.45. The van der Waals surface area contributed by atoms with E-state index < -0.39 is 0 Å². The van der Waals surface area contributed by atoms with E-state index in [0.29, 0.717) is 5.56 Å². The van der Waals surface area contributed by atoms with Crippen LogP contribution in [0.4, 0.5) is 10.1 Å². The van der Waals surface area contributed by atoms with Gasteiger partial charge in [-0.15, -0.1) is 0 Å². The first-order valence-corrected chi connectivity index (χ1v) is 5.82. The van der Waals surface area contributed by atoms with E-state index in [2.05, 4.69) is 10.6 Å². The Labute approximate surface area is 101 Å².